The van der Waals surface area contributed by atoms with Crippen LogP contribution in [0.1, 0.15) is 53.3 Å². The highest BCUT2D eigenvalue weighted by Gasteiger charge is 2.20. The van der Waals surface area contributed by atoms with Crippen molar-refractivity contribution in [2.75, 3.05) is 43.1 Å². The summed E-state index contributed by atoms with van der Waals surface area (Å²) in [6.07, 6.45) is 4.23. The van der Waals surface area contributed by atoms with Gasteiger partial charge in [0, 0.05) is 54.3 Å². The smallest absolute Gasteiger partial charge is 0.255 e. The third-order valence-corrected chi connectivity index (χ3v) is 5.79. The molecule has 2 aromatic rings. The van der Waals surface area contributed by atoms with Gasteiger partial charge in [0.2, 0.25) is 0 Å². The van der Waals surface area contributed by atoms with E-state index in [9.17, 15) is 9.59 Å². The molecule has 1 fully saturated rings. The minimum absolute atomic E-state index is 0.128. The van der Waals surface area contributed by atoms with E-state index < -0.39 is 0 Å². The molecular formula is C24H30BrN3O3. The number of carbonyl (C=O) groups is 2. The molecule has 1 heterocycles. The molecular weight excluding hydrogens is 458 g/mol. The number of rotatable bonds is 9. The maximum absolute atomic E-state index is 13.0. The summed E-state index contributed by atoms with van der Waals surface area (Å²) < 4.78 is 6.26. The van der Waals surface area contributed by atoms with Crippen molar-refractivity contribution in [3.05, 3.63) is 58.1 Å². The van der Waals surface area contributed by atoms with Gasteiger partial charge in [-0.1, -0.05) is 15.9 Å². The standard InChI is InChI=1S/C24H30BrN3O3/c1-2-31-16-6-13-26-24(30)21-17-20(11-12-22(21)28-14-4-3-5-15-28)27-23(29)18-7-9-19(25)10-8-18/h7-12,17H,2-6,13-16H2,1H3,(H,26,30)(H,27,29). The molecule has 2 amide bonds. The molecule has 1 aliphatic rings. The van der Waals surface area contributed by atoms with Gasteiger partial charge in [-0.3, -0.25) is 9.59 Å². The molecule has 1 aliphatic heterocycles. The first-order chi connectivity index (χ1) is 15.1. The average Bonchev–Trinajstić information content (AvgIpc) is 2.79. The number of piperidine rings is 1. The van der Waals surface area contributed by atoms with Crippen molar-refractivity contribution in [2.45, 2.75) is 32.6 Å². The van der Waals surface area contributed by atoms with Gasteiger partial charge in [0.1, 0.15) is 0 Å². The van der Waals surface area contributed by atoms with Crippen LogP contribution >= 0.6 is 15.9 Å². The van der Waals surface area contributed by atoms with Gasteiger partial charge in [0.05, 0.1) is 5.56 Å². The van der Waals surface area contributed by atoms with Crippen molar-refractivity contribution in [3.8, 4) is 0 Å². The number of hydrogen-bond donors (Lipinski definition) is 2. The second-order valence-electron chi connectivity index (χ2n) is 7.55. The van der Waals surface area contributed by atoms with Crippen LogP contribution in [0.25, 0.3) is 0 Å². The summed E-state index contributed by atoms with van der Waals surface area (Å²) in [6, 6.07) is 12.8. The topological polar surface area (TPSA) is 70.7 Å². The van der Waals surface area contributed by atoms with E-state index in [1.165, 1.54) is 6.42 Å². The summed E-state index contributed by atoms with van der Waals surface area (Å²) in [6.45, 7) is 5.68. The zero-order valence-corrected chi connectivity index (χ0v) is 19.5. The van der Waals surface area contributed by atoms with Crippen LogP contribution in [0.3, 0.4) is 0 Å². The molecule has 1 saturated heterocycles. The second-order valence-corrected chi connectivity index (χ2v) is 8.46. The van der Waals surface area contributed by atoms with Crippen molar-refractivity contribution in [2.24, 2.45) is 0 Å². The number of carbonyl (C=O) groups excluding carboxylic acids is 2. The molecule has 0 atom stereocenters. The Morgan fingerprint density at radius 3 is 2.48 bits per heavy atom. The average molecular weight is 488 g/mol. The lowest BCUT2D eigenvalue weighted by molar-refractivity contribution is 0.0943. The lowest BCUT2D eigenvalue weighted by Gasteiger charge is -2.30. The normalized spacial score (nSPS) is 13.7. The highest BCUT2D eigenvalue weighted by molar-refractivity contribution is 9.10. The summed E-state index contributed by atoms with van der Waals surface area (Å²) >= 11 is 3.38. The van der Waals surface area contributed by atoms with Crippen LogP contribution < -0.4 is 15.5 Å². The molecule has 7 heteroatoms. The molecule has 0 radical (unpaired) electrons. The number of nitrogens with zero attached hydrogens (tertiary/aromatic N) is 1. The predicted octanol–water partition coefficient (Wildman–Crippen LogP) is 4.85. The molecule has 0 spiro atoms. The molecule has 2 aromatic carbocycles. The lowest BCUT2D eigenvalue weighted by atomic mass is 10.1. The van der Waals surface area contributed by atoms with Crippen LogP contribution in [0.4, 0.5) is 11.4 Å². The zero-order chi connectivity index (χ0) is 22.1. The first kappa shape index (κ1) is 23.3. The Morgan fingerprint density at radius 2 is 1.77 bits per heavy atom. The van der Waals surface area contributed by atoms with Gasteiger partial charge < -0.3 is 20.3 Å². The number of nitrogens with one attached hydrogen (secondary N) is 2. The Bertz CT molecular complexity index is 880. The van der Waals surface area contributed by atoms with Gasteiger partial charge >= 0.3 is 0 Å². The molecule has 0 saturated carbocycles. The molecule has 6 nitrogen and oxygen atoms in total. The maximum Gasteiger partial charge on any atom is 0.255 e. The Hall–Kier alpha value is -2.38. The van der Waals surface area contributed by atoms with Gasteiger partial charge in [-0.15, -0.1) is 0 Å². The van der Waals surface area contributed by atoms with Crippen molar-refractivity contribution < 1.29 is 14.3 Å². The number of amides is 2. The van der Waals surface area contributed by atoms with E-state index in [-0.39, 0.29) is 11.8 Å². The maximum atomic E-state index is 13.0. The summed E-state index contributed by atoms with van der Waals surface area (Å²) in [5.41, 5.74) is 2.67. The molecule has 31 heavy (non-hydrogen) atoms. The van der Waals surface area contributed by atoms with Crippen LogP contribution in [0, 0.1) is 0 Å². The molecule has 3 rings (SSSR count). The van der Waals surface area contributed by atoms with Gasteiger partial charge in [-0.25, -0.2) is 0 Å². The molecule has 0 bridgehead atoms. The molecule has 0 aromatic heterocycles. The van der Waals surface area contributed by atoms with Crippen LogP contribution in [0.15, 0.2) is 46.9 Å². The fraction of sp³-hybridized carbons (Fsp3) is 0.417. The van der Waals surface area contributed by atoms with E-state index in [0.29, 0.717) is 36.6 Å². The molecule has 0 aliphatic carbocycles. The first-order valence-electron chi connectivity index (χ1n) is 10.9. The SMILES string of the molecule is CCOCCCNC(=O)c1cc(NC(=O)c2ccc(Br)cc2)ccc1N1CCCCC1. The number of ether oxygens (including phenoxy) is 1. The fourth-order valence-electron chi connectivity index (χ4n) is 3.63. The lowest BCUT2D eigenvalue weighted by Crippen LogP contribution is -2.33. The van der Waals surface area contributed by atoms with E-state index in [1.54, 1.807) is 18.2 Å². The third kappa shape index (κ3) is 6.80. The molecule has 0 unspecified atom stereocenters. The van der Waals surface area contributed by atoms with Crippen LogP contribution in [0.5, 0.6) is 0 Å². The van der Waals surface area contributed by atoms with E-state index in [1.807, 2.05) is 31.2 Å². The Labute approximate surface area is 192 Å². The van der Waals surface area contributed by atoms with Crippen LogP contribution in [-0.2, 0) is 4.74 Å². The van der Waals surface area contributed by atoms with Crippen LogP contribution in [0.2, 0.25) is 0 Å². The highest BCUT2D eigenvalue weighted by Crippen LogP contribution is 2.27. The van der Waals surface area contributed by atoms with E-state index >= 15 is 0 Å². The number of anilines is 2. The van der Waals surface area contributed by atoms with Crippen molar-refractivity contribution in [3.63, 3.8) is 0 Å². The summed E-state index contributed by atoms with van der Waals surface area (Å²) in [4.78, 5) is 27.9. The third-order valence-electron chi connectivity index (χ3n) is 5.26. The summed E-state index contributed by atoms with van der Waals surface area (Å²) in [5, 5.41) is 5.91. The minimum Gasteiger partial charge on any atom is -0.382 e. The quantitative estimate of drug-likeness (QED) is 0.496. The Kier molecular flexibility index (Phi) is 8.91. The van der Waals surface area contributed by atoms with Gasteiger partial charge in [0.15, 0.2) is 0 Å². The summed E-state index contributed by atoms with van der Waals surface area (Å²) in [7, 11) is 0. The number of halogens is 1. The largest absolute Gasteiger partial charge is 0.382 e. The highest BCUT2D eigenvalue weighted by atomic mass is 79.9. The van der Waals surface area contributed by atoms with E-state index in [2.05, 4.69) is 31.5 Å². The number of benzene rings is 2. The predicted molar refractivity (Wildman–Crippen MR) is 128 cm³/mol. The van der Waals surface area contributed by atoms with Gasteiger partial charge in [-0.2, -0.15) is 0 Å². The van der Waals surface area contributed by atoms with Crippen LogP contribution in [-0.4, -0.2) is 44.7 Å². The van der Waals surface area contributed by atoms with Gasteiger partial charge in [0.25, 0.3) is 11.8 Å². The number of hydrogen-bond acceptors (Lipinski definition) is 4. The van der Waals surface area contributed by atoms with Crippen molar-refractivity contribution in [1.29, 1.82) is 0 Å². The van der Waals surface area contributed by atoms with E-state index in [0.717, 1.165) is 42.5 Å². The van der Waals surface area contributed by atoms with Crippen molar-refractivity contribution in [1.82, 2.24) is 5.32 Å². The Morgan fingerprint density at radius 1 is 1.03 bits per heavy atom. The Balaban J connectivity index is 1.76. The summed E-state index contributed by atoms with van der Waals surface area (Å²) in [5.74, 6) is -0.335. The molecule has 2 N–H and O–H groups in total. The van der Waals surface area contributed by atoms with E-state index in [4.69, 9.17) is 4.74 Å². The fourth-order valence-corrected chi connectivity index (χ4v) is 3.89. The molecule has 166 valence electrons. The van der Waals surface area contributed by atoms with Crippen molar-refractivity contribution >= 4 is 39.1 Å². The minimum atomic E-state index is -0.207. The van der Waals surface area contributed by atoms with Gasteiger partial charge in [-0.05, 0) is 75.1 Å². The first-order valence-corrected chi connectivity index (χ1v) is 11.7. The monoisotopic (exact) mass is 487 g/mol. The zero-order valence-electron chi connectivity index (χ0n) is 18.0. The second kappa shape index (κ2) is 11.9.